The summed E-state index contributed by atoms with van der Waals surface area (Å²) in [5.41, 5.74) is 3.25. The van der Waals surface area contributed by atoms with Crippen LogP contribution in [0.5, 0.6) is 0 Å². The summed E-state index contributed by atoms with van der Waals surface area (Å²) in [6, 6.07) is 14.9. The van der Waals surface area contributed by atoms with E-state index in [-0.39, 0.29) is 0 Å². The fourth-order valence-electron chi connectivity index (χ4n) is 2.84. The van der Waals surface area contributed by atoms with Gasteiger partial charge >= 0.3 is 0 Å². The van der Waals surface area contributed by atoms with Crippen LogP contribution in [-0.2, 0) is 6.54 Å². The number of hydrogen-bond donors (Lipinski definition) is 0. The van der Waals surface area contributed by atoms with Crippen molar-refractivity contribution in [3.63, 3.8) is 0 Å². The quantitative estimate of drug-likeness (QED) is 0.341. The van der Waals surface area contributed by atoms with E-state index in [1.165, 1.54) is 0 Å². The van der Waals surface area contributed by atoms with Gasteiger partial charge in [0.2, 0.25) is 0 Å². The van der Waals surface area contributed by atoms with Crippen LogP contribution in [0.25, 0.3) is 22.4 Å². The number of nitrogens with zero attached hydrogens (tertiary/aromatic N) is 3. The number of rotatable bonds is 3. The second kappa shape index (κ2) is 7.09. The minimum absolute atomic E-state index is 0.375. The summed E-state index contributed by atoms with van der Waals surface area (Å²) in [5.74, 6) is 0.677. The molecule has 2 aromatic heterocycles. The van der Waals surface area contributed by atoms with Crippen molar-refractivity contribution in [2.24, 2.45) is 0 Å². The number of benzene rings is 2. The van der Waals surface area contributed by atoms with Gasteiger partial charge in [-0.1, -0.05) is 64.6 Å². The molecule has 2 heterocycles. The molecule has 0 saturated heterocycles. The van der Waals surface area contributed by atoms with Crippen LogP contribution in [0.2, 0.25) is 20.2 Å². The lowest BCUT2D eigenvalue weighted by Crippen LogP contribution is -2.03. The molecule has 0 radical (unpaired) electrons. The van der Waals surface area contributed by atoms with Crippen molar-refractivity contribution in [1.82, 2.24) is 14.5 Å². The van der Waals surface area contributed by atoms with Gasteiger partial charge in [0.05, 0.1) is 33.2 Å². The van der Waals surface area contributed by atoms with Crippen LogP contribution in [0.4, 0.5) is 0 Å². The standard InChI is InChI=1S/C19H11Cl4N3/c20-13-6-2-1-4-11(13)10-26-17-9-15(22)14(21)8-16(17)25-19(26)12-5-3-7-24-18(12)23/h1-9H,10H2. The van der Waals surface area contributed by atoms with Gasteiger partial charge in [0.25, 0.3) is 0 Å². The molecule has 0 bridgehead atoms. The highest BCUT2D eigenvalue weighted by atomic mass is 35.5. The Labute approximate surface area is 170 Å². The number of pyridine rings is 1. The Morgan fingerprint density at radius 3 is 2.38 bits per heavy atom. The number of fused-ring (bicyclic) bond motifs is 1. The SMILES string of the molecule is Clc1cc2nc(-c3cccnc3Cl)n(Cc3ccccc3Cl)c2cc1Cl. The van der Waals surface area contributed by atoms with E-state index in [0.717, 1.165) is 22.2 Å². The third kappa shape index (κ3) is 3.17. The predicted molar refractivity (Wildman–Crippen MR) is 109 cm³/mol. The van der Waals surface area contributed by atoms with Crippen molar-refractivity contribution in [3.05, 3.63) is 80.5 Å². The van der Waals surface area contributed by atoms with Crippen molar-refractivity contribution in [2.75, 3.05) is 0 Å². The molecule has 3 nitrogen and oxygen atoms in total. The summed E-state index contributed by atoms with van der Waals surface area (Å²) >= 11 is 25.1. The monoisotopic (exact) mass is 421 g/mol. The van der Waals surface area contributed by atoms with Crippen LogP contribution in [-0.4, -0.2) is 14.5 Å². The zero-order valence-electron chi connectivity index (χ0n) is 13.3. The van der Waals surface area contributed by atoms with Crippen LogP contribution in [0.3, 0.4) is 0 Å². The Bertz CT molecular complexity index is 1120. The van der Waals surface area contributed by atoms with Gasteiger partial charge in [0.15, 0.2) is 0 Å². The van der Waals surface area contributed by atoms with Gasteiger partial charge in [-0.2, -0.15) is 0 Å². The van der Waals surface area contributed by atoms with Crippen LogP contribution >= 0.6 is 46.4 Å². The molecule has 130 valence electrons. The predicted octanol–water partition coefficient (Wildman–Crippen LogP) is 6.76. The minimum Gasteiger partial charge on any atom is -0.319 e. The molecule has 0 atom stereocenters. The van der Waals surface area contributed by atoms with Gasteiger partial charge in [-0.3, -0.25) is 0 Å². The van der Waals surface area contributed by atoms with Crippen molar-refractivity contribution in [2.45, 2.75) is 6.54 Å². The first-order valence-electron chi connectivity index (χ1n) is 7.74. The van der Waals surface area contributed by atoms with E-state index >= 15 is 0 Å². The summed E-state index contributed by atoms with van der Waals surface area (Å²) in [5, 5.41) is 1.96. The summed E-state index contributed by atoms with van der Waals surface area (Å²) in [6.07, 6.45) is 1.64. The Hall–Kier alpha value is -1.78. The normalized spacial score (nSPS) is 11.2. The smallest absolute Gasteiger partial charge is 0.144 e. The lowest BCUT2D eigenvalue weighted by molar-refractivity contribution is 0.834. The molecular weight excluding hydrogens is 412 g/mol. The molecule has 0 fully saturated rings. The van der Waals surface area contributed by atoms with Crippen LogP contribution in [0.1, 0.15) is 5.56 Å². The van der Waals surface area contributed by atoms with Gasteiger partial charge in [-0.15, -0.1) is 0 Å². The van der Waals surface area contributed by atoms with E-state index < -0.39 is 0 Å². The summed E-state index contributed by atoms with van der Waals surface area (Å²) in [7, 11) is 0. The fraction of sp³-hybridized carbons (Fsp3) is 0.0526. The zero-order valence-corrected chi connectivity index (χ0v) is 16.3. The van der Waals surface area contributed by atoms with E-state index in [1.54, 1.807) is 18.3 Å². The summed E-state index contributed by atoms with van der Waals surface area (Å²) in [6.45, 7) is 0.509. The molecule has 0 unspecified atom stereocenters. The van der Waals surface area contributed by atoms with Crippen molar-refractivity contribution in [3.8, 4) is 11.4 Å². The zero-order chi connectivity index (χ0) is 18.3. The molecule has 0 amide bonds. The van der Waals surface area contributed by atoms with Gasteiger partial charge in [-0.25, -0.2) is 9.97 Å². The fourth-order valence-corrected chi connectivity index (χ4v) is 3.55. The molecule has 26 heavy (non-hydrogen) atoms. The summed E-state index contributed by atoms with van der Waals surface area (Å²) < 4.78 is 2.02. The van der Waals surface area contributed by atoms with Gasteiger partial charge in [0, 0.05) is 11.2 Å². The average Bonchev–Trinajstić information content (AvgIpc) is 2.95. The molecule has 0 spiro atoms. The number of imidazole rings is 1. The highest BCUT2D eigenvalue weighted by molar-refractivity contribution is 6.42. The maximum absolute atomic E-state index is 6.36. The van der Waals surface area contributed by atoms with E-state index in [0.29, 0.717) is 32.6 Å². The van der Waals surface area contributed by atoms with E-state index in [9.17, 15) is 0 Å². The first kappa shape index (κ1) is 17.6. The first-order valence-corrected chi connectivity index (χ1v) is 9.25. The molecule has 0 saturated carbocycles. The topological polar surface area (TPSA) is 30.7 Å². The summed E-state index contributed by atoms with van der Waals surface area (Å²) in [4.78, 5) is 8.88. The van der Waals surface area contributed by atoms with Crippen molar-refractivity contribution < 1.29 is 0 Å². The Balaban J connectivity index is 1.99. The Kier molecular flexibility index (Phi) is 4.80. The third-order valence-electron chi connectivity index (χ3n) is 4.08. The lowest BCUT2D eigenvalue weighted by Gasteiger charge is -2.11. The molecule has 0 aliphatic rings. The molecule has 7 heteroatoms. The van der Waals surface area contributed by atoms with E-state index in [2.05, 4.69) is 4.98 Å². The maximum Gasteiger partial charge on any atom is 0.144 e. The van der Waals surface area contributed by atoms with Crippen LogP contribution in [0, 0.1) is 0 Å². The molecule has 4 aromatic rings. The molecule has 0 N–H and O–H groups in total. The largest absolute Gasteiger partial charge is 0.319 e. The average molecular weight is 423 g/mol. The second-order valence-corrected chi connectivity index (χ2v) is 7.29. The number of aromatic nitrogens is 3. The number of hydrogen-bond acceptors (Lipinski definition) is 2. The first-order chi connectivity index (χ1) is 12.5. The highest BCUT2D eigenvalue weighted by Crippen LogP contribution is 2.34. The highest BCUT2D eigenvalue weighted by Gasteiger charge is 2.18. The molecule has 0 aliphatic heterocycles. The van der Waals surface area contributed by atoms with E-state index in [4.69, 9.17) is 51.4 Å². The maximum atomic E-state index is 6.36. The van der Waals surface area contributed by atoms with Gasteiger partial charge in [-0.05, 0) is 35.9 Å². The molecule has 4 rings (SSSR count). The van der Waals surface area contributed by atoms with Gasteiger partial charge in [0.1, 0.15) is 11.0 Å². The van der Waals surface area contributed by atoms with Crippen molar-refractivity contribution >= 4 is 57.4 Å². The van der Waals surface area contributed by atoms with Gasteiger partial charge < -0.3 is 4.57 Å². The Morgan fingerprint density at radius 1 is 0.846 bits per heavy atom. The van der Waals surface area contributed by atoms with Crippen molar-refractivity contribution in [1.29, 1.82) is 0 Å². The lowest BCUT2D eigenvalue weighted by atomic mass is 10.2. The number of halogens is 4. The molecule has 0 aliphatic carbocycles. The minimum atomic E-state index is 0.375. The third-order valence-corrected chi connectivity index (χ3v) is 5.47. The second-order valence-electron chi connectivity index (χ2n) is 5.71. The molecule has 2 aromatic carbocycles. The molecular formula is C19H11Cl4N3. The van der Waals surface area contributed by atoms with Crippen LogP contribution in [0.15, 0.2) is 54.7 Å². The Morgan fingerprint density at radius 2 is 1.62 bits per heavy atom. The van der Waals surface area contributed by atoms with Crippen LogP contribution < -0.4 is 0 Å². The van der Waals surface area contributed by atoms with E-state index in [1.807, 2.05) is 41.0 Å².